The molecule has 3 unspecified atom stereocenters. The molecular formula is C44H84NO8P. The van der Waals surface area contributed by atoms with Crippen LogP contribution in [0.15, 0.2) is 36.5 Å². The molecule has 10 heteroatoms. The van der Waals surface area contributed by atoms with Crippen LogP contribution in [0, 0.1) is 0 Å². The first-order chi connectivity index (χ1) is 26.0. The van der Waals surface area contributed by atoms with Gasteiger partial charge in [-0.15, -0.1) is 0 Å². The molecule has 0 aliphatic heterocycles. The van der Waals surface area contributed by atoms with Crippen LogP contribution >= 0.6 is 7.82 Å². The molecule has 0 heterocycles. The lowest BCUT2D eigenvalue weighted by Gasteiger charge is -2.28. The van der Waals surface area contributed by atoms with Crippen molar-refractivity contribution in [2.24, 2.45) is 0 Å². The van der Waals surface area contributed by atoms with Crippen LogP contribution in [0.3, 0.4) is 0 Å². The number of rotatable bonds is 40. The molecule has 0 spiro atoms. The molecule has 0 aliphatic rings. The molecule has 0 aromatic carbocycles. The van der Waals surface area contributed by atoms with Crippen LogP contribution in [0.1, 0.15) is 174 Å². The summed E-state index contributed by atoms with van der Waals surface area (Å²) < 4.78 is 34.5. The van der Waals surface area contributed by atoms with Crippen molar-refractivity contribution in [2.75, 3.05) is 54.1 Å². The number of phosphoric acid groups is 1. The monoisotopic (exact) mass is 786 g/mol. The Bertz CT molecular complexity index is 980. The first-order valence-electron chi connectivity index (χ1n) is 21.8. The largest absolute Gasteiger partial charge is 0.756 e. The molecule has 0 saturated heterocycles. The lowest BCUT2D eigenvalue weighted by atomic mass is 10.1. The zero-order valence-corrected chi connectivity index (χ0v) is 36.4. The van der Waals surface area contributed by atoms with Gasteiger partial charge in [0.25, 0.3) is 7.82 Å². The minimum Gasteiger partial charge on any atom is -0.756 e. The van der Waals surface area contributed by atoms with Crippen LogP contribution in [-0.2, 0) is 27.9 Å². The van der Waals surface area contributed by atoms with Gasteiger partial charge in [0.2, 0.25) is 0 Å². The van der Waals surface area contributed by atoms with Gasteiger partial charge < -0.3 is 33.0 Å². The Morgan fingerprint density at radius 3 is 1.81 bits per heavy atom. The van der Waals surface area contributed by atoms with Gasteiger partial charge in [0.1, 0.15) is 19.3 Å². The maximum Gasteiger partial charge on any atom is 0.306 e. The molecule has 318 valence electrons. The Labute approximate surface area is 332 Å². The van der Waals surface area contributed by atoms with Crippen molar-refractivity contribution in [3.05, 3.63) is 36.5 Å². The lowest BCUT2D eigenvalue weighted by molar-refractivity contribution is -0.870. The molecule has 0 aliphatic carbocycles. The molecule has 0 radical (unpaired) electrons. The Morgan fingerprint density at radius 2 is 1.20 bits per heavy atom. The molecule has 3 atom stereocenters. The molecule has 0 saturated carbocycles. The number of carbonyl (C=O) groups excluding carboxylic acids is 1. The van der Waals surface area contributed by atoms with Crippen LogP contribution in [0.4, 0.5) is 0 Å². The van der Waals surface area contributed by atoms with Crippen molar-refractivity contribution >= 4 is 13.8 Å². The first kappa shape index (κ1) is 52.7. The van der Waals surface area contributed by atoms with Crippen LogP contribution in [-0.4, -0.2) is 81.9 Å². The summed E-state index contributed by atoms with van der Waals surface area (Å²) >= 11 is 0. The van der Waals surface area contributed by atoms with E-state index in [4.69, 9.17) is 18.5 Å². The quantitative estimate of drug-likeness (QED) is 0.0163. The van der Waals surface area contributed by atoms with Gasteiger partial charge in [0.05, 0.1) is 40.5 Å². The van der Waals surface area contributed by atoms with Gasteiger partial charge in [-0.2, -0.15) is 0 Å². The van der Waals surface area contributed by atoms with Gasteiger partial charge >= 0.3 is 5.97 Å². The fourth-order valence-electron chi connectivity index (χ4n) is 5.79. The van der Waals surface area contributed by atoms with Gasteiger partial charge in [-0.05, 0) is 57.8 Å². The molecule has 0 amide bonds. The van der Waals surface area contributed by atoms with E-state index in [0.717, 1.165) is 77.0 Å². The molecule has 0 bridgehead atoms. The molecule has 1 N–H and O–H groups in total. The fraction of sp³-hybridized carbons (Fsp3) is 0.841. The molecule has 9 nitrogen and oxygen atoms in total. The second-order valence-electron chi connectivity index (χ2n) is 15.9. The van der Waals surface area contributed by atoms with E-state index >= 15 is 0 Å². The highest BCUT2D eigenvalue weighted by Crippen LogP contribution is 2.38. The van der Waals surface area contributed by atoms with Gasteiger partial charge in [-0.25, -0.2) is 0 Å². The van der Waals surface area contributed by atoms with E-state index in [1.54, 1.807) is 0 Å². The van der Waals surface area contributed by atoms with Crippen molar-refractivity contribution in [1.82, 2.24) is 0 Å². The number of aliphatic hydroxyl groups is 1. The van der Waals surface area contributed by atoms with E-state index in [0.29, 0.717) is 24.1 Å². The number of phosphoric ester groups is 1. The van der Waals surface area contributed by atoms with E-state index in [1.807, 2.05) is 39.4 Å². The van der Waals surface area contributed by atoms with Crippen LogP contribution < -0.4 is 4.89 Å². The normalized spacial score (nSPS) is 14.7. The molecule has 0 aromatic rings. The predicted molar refractivity (Wildman–Crippen MR) is 223 cm³/mol. The zero-order chi connectivity index (χ0) is 40.0. The molecule has 0 fully saturated rings. The Hall–Kier alpha value is -1.32. The highest BCUT2D eigenvalue weighted by molar-refractivity contribution is 7.45. The highest BCUT2D eigenvalue weighted by Gasteiger charge is 2.20. The van der Waals surface area contributed by atoms with E-state index in [1.165, 1.54) is 70.6 Å². The first-order valence-corrected chi connectivity index (χ1v) is 23.3. The summed E-state index contributed by atoms with van der Waals surface area (Å²) in [4.78, 5) is 25.0. The third-order valence-electron chi connectivity index (χ3n) is 9.27. The Morgan fingerprint density at radius 1 is 0.667 bits per heavy atom. The number of aliphatic hydroxyl groups excluding tert-OH is 1. The van der Waals surface area contributed by atoms with E-state index in [2.05, 4.69) is 32.1 Å². The van der Waals surface area contributed by atoms with Crippen LogP contribution in [0.25, 0.3) is 0 Å². The Kier molecular flexibility index (Phi) is 36.4. The lowest BCUT2D eigenvalue weighted by Crippen LogP contribution is -2.37. The third kappa shape index (κ3) is 40.3. The van der Waals surface area contributed by atoms with Crippen molar-refractivity contribution < 1.29 is 42.4 Å². The number of esters is 1. The summed E-state index contributed by atoms with van der Waals surface area (Å²) in [5.74, 6) is -0.372. The predicted octanol–water partition coefficient (Wildman–Crippen LogP) is 10.9. The van der Waals surface area contributed by atoms with Crippen LogP contribution in [0.5, 0.6) is 0 Å². The fourth-order valence-corrected chi connectivity index (χ4v) is 6.52. The Balaban J connectivity index is 4.32. The summed E-state index contributed by atoms with van der Waals surface area (Å²) in [6.45, 7) is 5.21. The summed E-state index contributed by atoms with van der Waals surface area (Å²) in [5.41, 5.74) is 0. The molecule has 0 rings (SSSR count). The van der Waals surface area contributed by atoms with E-state index in [-0.39, 0.29) is 38.3 Å². The van der Waals surface area contributed by atoms with Crippen molar-refractivity contribution in [3.8, 4) is 0 Å². The van der Waals surface area contributed by atoms with Gasteiger partial charge in [0, 0.05) is 13.0 Å². The number of likely N-dealkylation sites (N-methyl/N-ethyl adjacent to an activating group) is 1. The van der Waals surface area contributed by atoms with E-state index < -0.39 is 13.9 Å². The maximum atomic E-state index is 12.7. The van der Waals surface area contributed by atoms with E-state index in [9.17, 15) is 19.4 Å². The van der Waals surface area contributed by atoms with Gasteiger partial charge in [0.15, 0.2) is 0 Å². The SMILES string of the molecule is CCCCCCCC/C=C\CCCCCCCCOCC(COP(=O)([O-])OCC[N+](C)(C)C)OC(=O)CCCCCCC/C=C\C=C\C(O)CCCCC. The number of nitrogens with zero attached hydrogens (tertiary/aromatic N) is 1. The third-order valence-corrected chi connectivity index (χ3v) is 10.2. The number of quaternary nitrogens is 1. The van der Waals surface area contributed by atoms with Gasteiger partial charge in [-0.1, -0.05) is 147 Å². The highest BCUT2D eigenvalue weighted by atomic mass is 31.2. The number of hydrogen-bond donors (Lipinski definition) is 1. The molecule has 0 aromatic heterocycles. The standard InChI is InChI=1S/C44H84NO8P/c1-6-8-10-11-12-13-14-15-16-17-18-19-23-26-29-33-38-50-40-43(41-52-54(48,49)51-39-37-45(3,4)5)53-44(47)36-32-28-25-22-20-21-24-27-31-35-42(46)34-30-9-7-2/h15-16,24,27,31,35,42-43,46H,6-14,17-23,25-26,28-30,32-34,36-41H2,1-5H3/b16-15-,27-24-,35-31+. The average molecular weight is 786 g/mol. The summed E-state index contributed by atoms with van der Waals surface area (Å²) in [6, 6.07) is 0. The average Bonchev–Trinajstić information content (AvgIpc) is 3.11. The van der Waals surface area contributed by atoms with Crippen LogP contribution in [0.2, 0.25) is 0 Å². The summed E-state index contributed by atoms with van der Waals surface area (Å²) in [7, 11) is 1.31. The van der Waals surface area contributed by atoms with Crippen molar-refractivity contribution in [3.63, 3.8) is 0 Å². The topological polar surface area (TPSA) is 114 Å². The zero-order valence-electron chi connectivity index (χ0n) is 35.5. The number of unbranched alkanes of at least 4 members (excludes halogenated alkanes) is 19. The maximum absolute atomic E-state index is 12.7. The van der Waals surface area contributed by atoms with Gasteiger partial charge in [-0.3, -0.25) is 9.36 Å². The number of allylic oxidation sites excluding steroid dienone is 5. The molecular weight excluding hydrogens is 701 g/mol. The second kappa shape index (κ2) is 37.3. The smallest absolute Gasteiger partial charge is 0.306 e. The molecule has 54 heavy (non-hydrogen) atoms. The summed E-state index contributed by atoms with van der Waals surface area (Å²) in [5, 5.41) is 9.93. The minimum atomic E-state index is -4.54. The summed E-state index contributed by atoms with van der Waals surface area (Å²) in [6.07, 6.45) is 39.0. The number of carbonyl (C=O) groups is 1. The minimum absolute atomic E-state index is 0.0118. The number of hydrogen-bond acceptors (Lipinski definition) is 8. The second-order valence-corrected chi connectivity index (χ2v) is 17.3. The van der Waals surface area contributed by atoms with Crippen molar-refractivity contribution in [1.29, 1.82) is 0 Å². The van der Waals surface area contributed by atoms with Crippen molar-refractivity contribution in [2.45, 2.75) is 187 Å². The number of ether oxygens (including phenoxy) is 2.